The molecule has 2 aromatic rings. The summed E-state index contributed by atoms with van der Waals surface area (Å²) in [7, 11) is 0. The number of nitrogens with zero attached hydrogens (tertiary/aromatic N) is 2. The number of fused-ring (bicyclic) bond motifs is 1. The van der Waals surface area contributed by atoms with Crippen molar-refractivity contribution < 1.29 is 0 Å². The Labute approximate surface area is 82.7 Å². The van der Waals surface area contributed by atoms with Crippen LogP contribution in [0.3, 0.4) is 0 Å². The maximum atomic E-state index is 5.78. The topological polar surface area (TPSA) is 25.8 Å². The molecule has 0 atom stereocenters. The van der Waals surface area contributed by atoms with Crippen LogP contribution in [0.25, 0.3) is 10.9 Å². The van der Waals surface area contributed by atoms with Crippen molar-refractivity contribution in [3.63, 3.8) is 0 Å². The van der Waals surface area contributed by atoms with Crippen LogP contribution in [0.2, 0.25) is 5.02 Å². The van der Waals surface area contributed by atoms with Crippen molar-refractivity contribution in [2.75, 3.05) is 0 Å². The van der Waals surface area contributed by atoms with E-state index < -0.39 is 0 Å². The van der Waals surface area contributed by atoms with Gasteiger partial charge in [-0.15, -0.1) is 10.2 Å². The smallest absolute Gasteiger partial charge is 0.129 e. The van der Waals surface area contributed by atoms with Gasteiger partial charge in [0.25, 0.3) is 0 Å². The van der Waals surface area contributed by atoms with Crippen LogP contribution in [0.1, 0.15) is 0 Å². The van der Waals surface area contributed by atoms with Crippen molar-refractivity contribution in [1.29, 1.82) is 0 Å². The molecule has 0 radical (unpaired) electrons. The number of halogens is 2. The summed E-state index contributed by atoms with van der Waals surface area (Å²) in [6, 6.07) is 7.43. The molecule has 0 saturated heterocycles. The predicted octanol–water partition coefficient (Wildman–Crippen LogP) is 3.05. The fraction of sp³-hybridized carbons (Fsp3) is 0. The Balaban J connectivity index is 2.79. The van der Waals surface area contributed by atoms with E-state index in [1.54, 1.807) is 6.07 Å². The van der Waals surface area contributed by atoms with Crippen molar-refractivity contribution in [3.8, 4) is 0 Å². The zero-order valence-corrected chi connectivity index (χ0v) is 8.30. The van der Waals surface area contributed by atoms with Crippen molar-refractivity contribution in [2.24, 2.45) is 0 Å². The van der Waals surface area contributed by atoms with Gasteiger partial charge in [-0.1, -0.05) is 17.7 Å². The lowest BCUT2D eigenvalue weighted by Crippen LogP contribution is -1.83. The van der Waals surface area contributed by atoms with Crippen LogP contribution in [0.5, 0.6) is 0 Å². The van der Waals surface area contributed by atoms with Gasteiger partial charge in [-0.25, -0.2) is 0 Å². The van der Waals surface area contributed by atoms with Crippen molar-refractivity contribution in [3.05, 3.63) is 33.9 Å². The lowest BCUT2D eigenvalue weighted by atomic mass is 10.2. The fourth-order valence-electron chi connectivity index (χ4n) is 0.984. The third kappa shape index (κ3) is 1.42. The summed E-state index contributed by atoms with van der Waals surface area (Å²) in [5.74, 6) is 0. The van der Waals surface area contributed by atoms with Crippen LogP contribution in [-0.2, 0) is 0 Å². The van der Waals surface area contributed by atoms with Gasteiger partial charge in [0.15, 0.2) is 0 Å². The maximum absolute atomic E-state index is 5.78. The SMILES string of the molecule is Clc1ccc2cc(Br)nnc2c1. The van der Waals surface area contributed by atoms with Crippen LogP contribution < -0.4 is 0 Å². The molecule has 0 saturated carbocycles. The second-order valence-electron chi connectivity index (χ2n) is 2.37. The average Bonchev–Trinajstić information content (AvgIpc) is 2.05. The van der Waals surface area contributed by atoms with E-state index in [2.05, 4.69) is 26.1 Å². The molecular formula is C8H4BrClN2. The molecule has 1 aromatic carbocycles. The molecule has 4 heteroatoms. The highest BCUT2D eigenvalue weighted by atomic mass is 79.9. The highest BCUT2D eigenvalue weighted by Gasteiger charge is 1.97. The third-order valence-electron chi connectivity index (χ3n) is 1.52. The molecule has 1 heterocycles. The van der Waals surface area contributed by atoms with Crippen LogP contribution in [0.4, 0.5) is 0 Å². The van der Waals surface area contributed by atoms with Gasteiger partial charge in [0.05, 0.1) is 5.52 Å². The van der Waals surface area contributed by atoms with Gasteiger partial charge >= 0.3 is 0 Å². The molecule has 0 N–H and O–H groups in total. The average molecular weight is 243 g/mol. The summed E-state index contributed by atoms with van der Waals surface area (Å²) >= 11 is 9.02. The Morgan fingerprint density at radius 1 is 1.17 bits per heavy atom. The van der Waals surface area contributed by atoms with Crippen LogP contribution in [0, 0.1) is 0 Å². The first kappa shape index (κ1) is 7.95. The van der Waals surface area contributed by atoms with Crippen LogP contribution in [-0.4, -0.2) is 10.2 Å². The molecule has 0 unspecified atom stereocenters. The molecule has 2 rings (SSSR count). The van der Waals surface area contributed by atoms with Gasteiger partial charge in [-0.05, 0) is 34.1 Å². The van der Waals surface area contributed by atoms with Gasteiger partial charge in [0, 0.05) is 10.4 Å². The zero-order valence-electron chi connectivity index (χ0n) is 5.96. The van der Waals surface area contributed by atoms with Crippen LogP contribution >= 0.6 is 27.5 Å². The Morgan fingerprint density at radius 3 is 2.83 bits per heavy atom. The molecule has 0 aliphatic heterocycles. The molecule has 1 aromatic heterocycles. The molecule has 0 bridgehead atoms. The number of hydrogen-bond donors (Lipinski definition) is 0. The summed E-state index contributed by atoms with van der Waals surface area (Å²) in [6.45, 7) is 0. The highest BCUT2D eigenvalue weighted by Crippen LogP contribution is 2.18. The molecule has 0 spiro atoms. The molecule has 0 fully saturated rings. The number of rotatable bonds is 0. The number of aromatic nitrogens is 2. The monoisotopic (exact) mass is 242 g/mol. The Morgan fingerprint density at radius 2 is 2.00 bits per heavy atom. The van der Waals surface area contributed by atoms with Gasteiger partial charge in [0.2, 0.25) is 0 Å². The number of hydrogen-bond acceptors (Lipinski definition) is 2. The van der Waals surface area contributed by atoms with E-state index in [1.165, 1.54) is 0 Å². The molecule has 0 aliphatic carbocycles. The second-order valence-corrected chi connectivity index (χ2v) is 3.62. The van der Waals surface area contributed by atoms with Crippen molar-refractivity contribution >= 4 is 38.4 Å². The predicted molar refractivity (Wildman–Crippen MR) is 52.2 cm³/mol. The first-order valence-corrected chi connectivity index (χ1v) is 4.51. The van der Waals surface area contributed by atoms with E-state index in [0.717, 1.165) is 15.5 Å². The molecule has 2 nitrogen and oxygen atoms in total. The minimum atomic E-state index is 0.680. The lowest BCUT2D eigenvalue weighted by molar-refractivity contribution is 1.05. The third-order valence-corrected chi connectivity index (χ3v) is 2.14. The summed E-state index contributed by atoms with van der Waals surface area (Å²) in [5, 5.41) is 9.53. The van der Waals surface area contributed by atoms with Crippen molar-refractivity contribution in [1.82, 2.24) is 10.2 Å². The summed E-state index contributed by atoms with van der Waals surface area (Å²) < 4.78 is 0.734. The summed E-state index contributed by atoms with van der Waals surface area (Å²) in [5.41, 5.74) is 0.811. The first-order valence-electron chi connectivity index (χ1n) is 3.34. The second kappa shape index (κ2) is 2.99. The van der Waals surface area contributed by atoms with Gasteiger partial charge < -0.3 is 0 Å². The van der Waals surface area contributed by atoms with E-state index in [9.17, 15) is 0 Å². The van der Waals surface area contributed by atoms with E-state index in [4.69, 9.17) is 11.6 Å². The largest absolute Gasteiger partial charge is 0.149 e. The van der Waals surface area contributed by atoms with Gasteiger partial charge in [-0.3, -0.25) is 0 Å². The molecular weight excluding hydrogens is 239 g/mol. The normalized spacial score (nSPS) is 10.5. The Hall–Kier alpha value is -0.670. The highest BCUT2D eigenvalue weighted by molar-refractivity contribution is 9.10. The van der Waals surface area contributed by atoms with Crippen molar-refractivity contribution in [2.45, 2.75) is 0 Å². The maximum Gasteiger partial charge on any atom is 0.129 e. The standard InChI is InChI=1S/C8H4BrClN2/c9-8-3-5-1-2-6(10)4-7(5)11-12-8/h1-4H. The Bertz CT molecular complexity index is 389. The summed E-state index contributed by atoms with van der Waals surface area (Å²) in [6.07, 6.45) is 0. The van der Waals surface area contributed by atoms with E-state index >= 15 is 0 Å². The molecule has 12 heavy (non-hydrogen) atoms. The molecule has 0 amide bonds. The first-order chi connectivity index (χ1) is 5.75. The lowest BCUT2D eigenvalue weighted by Gasteiger charge is -1.95. The quantitative estimate of drug-likeness (QED) is 0.711. The fourth-order valence-corrected chi connectivity index (χ4v) is 1.48. The minimum Gasteiger partial charge on any atom is -0.149 e. The summed E-state index contributed by atoms with van der Waals surface area (Å²) in [4.78, 5) is 0. The number of benzene rings is 1. The van der Waals surface area contributed by atoms with E-state index in [-0.39, 0.29) is 0 Å². The minimum absolute atomic E-state index is 0.680. The van der Waals surface area contributed by atoms with Gasteiger partial charge in [0.1, 0.15) is 4.60 Å². The Kier molecular flexibility index (Phi) is 1.98. The van der Waals surface area contributed by atoms with Gasteiger partial charge in [-0.2, -0.15) is 0 Å². The van der Waals surface area contributed by atoms with E-state index in [1.807, 2.05) is 18.2 Å². The van der Waals surface area contributed by atoms with E-state index in [0.29, 0.717) is 5.02 Å². The molecule has 0 aliphatic rings. The molecule has 60 valence electrons. The van der Waals surface area contributed by atoms with Crippen LogP contribution in [0.15, 0.2) is 28.9 Å². The zero-order chi connectivity index (χ0) is 8.55.